The largest absolute Gasteiger partial charge is 0.443 e. The maximum atomic E-state index is 12.9. The monoisotopic (exact) mass is 379 g/mol. The Labute approximate surface area is 149 Å². The van der Waals surface area contributed by atoms with Crippen molar-refractivity contribution in [3.05, 3.63) is 47.6 Å². The number of oxazole rings is 1. The average molecular weight is 379 g/mol. The molecule has 0 saturated heterocycles. The van der Waals surface area contributed by atoms with E-state index in [0.29, 0.717) is 5.69 Å². The molecule has 140 valence electrons. The van der Waals surface area contributed by atoms with E-state index in [9.17, 15) is 18.0 Å². The third-order valence-corrected chi connectivity index (χ3v) is 3.41. The van der Waals surface area contributed by atoms with Gasteiger partial charge in [-0.05, 0) is 6.92 Å². The van der Waals surface area contributed by atoms with E-state index in [0.717, 1.165) is 12.4 Å². The number of rotatable bonds is 4. The van der Waals surface area contributed by atoms with Crippen molar-refractivity contribution in [2.45, 2.75) is 19.6 Å². The number of hydrogen-bond acceptors (Lipinski definition) is 8. The quantitative estimate of drug-likeness (QED) is 0.701. The predicted molar refractivity (Wildman–Crippen MR) is 84.9 cm³/mol. The third kappa shape index (κ3) is 3.83. The minimum atomic E-state index is -4.69. The highest BCUT2D eigenvalue weighted by Gasteiger charge is 2.36. The maximum absolute atomic E-state index is 12.9. The Balaban J connectivity index is 1.81. The van der Waals surface area contributed by atoms with E-state index in [1.54, 1.807) is 6.92 Å². The molecule has 0 spiro atoms. The summed E-state index contributed by atoms with van der Waals surface area (Å²) in [4.78, 5) is 31.2. The zero-order valence-electron chi connectivity index (χ0n) is 13.8. The summed E-state index contributed by atoms with van der Waals surface area (Å²) in [5.74, 6) is -0.852. The number of carbonyl (C=O) groups is 1. The first kappa shape index (κ1) is 18.2. The van der Waals surface area contributed by atoms with Crippen molar-refractivity contribution in [2.75, 3.05) is 5.73 Å². The number of nitrogens with one attached hydrogen (secondary N) is 1. The summed E-state index contributed by atoms with van der Waals surface area (Å²) in [6.45, 7) is 1.05. The first-order valence-electron chi connectivity index (χ1n) is 7.46. The Hall–Kier alpha value is -3.57. The standard InChI is InChI=1S/C15H12F3N7O2/c1-7-9(14-22-4-5-27-14)25-12(19)10(24-7)13(26)23-6-8-11(15(16,17)18)21-3-2-20-8/h2-5H,6H2,1H3,(H2,19,25)(H,23,26). The molecule has 3 N–H and O–H groups in total. The summed E-state index contributed by atoms with van der Waals surface area (Å²) < 4.78 is 43.9. The molecule has 0 bridgehead atoms. The second-order valence-corrected chi connectivity index (χ2v) is 5.26. The van der Waals surface area contributed by atoms with Crippen LogP contribution in [0.5, 0.6) is 0 Å². The molecule has 0 radical (unpaired) electrons. The predicted octanol–water partition coefficient (Wildman–Crippen LogP) is 1.76. The van der Waals surface area contributed by atoms with Gasteiger partial charge in [0.1, 0.15) is 12.0 Å². The molecule has 0 saturated carbocycles. The lowest BCUT2D eigenvalue weighted by molar-refractivity contribution is -0.142. The van der Waals surface area contributed by atoms with Crippen LogP contribution >= 0.6 is 0 Å². The van der Waals surface area contributed by atoms with E-state index in [-0.39, 0.29) is 23.1 Å². The van der Waals surface area contributed by atoms with Gasteiger partial charge in [-0.25, -0.2) is 19.9 Å². The summed E-state index contributed by atoms with van der Waals surface area (Å²) in [7, 11) is 0. The van der Waals surface area contributed by atoms with Crippen LogP contribution < -0.4 is 11.1 Å². The summed E-state index contributed by atoms with van der Waals surface area (Å²) in [6, 6.07) is 0. The van der Waals surface area contributed by atoms with Gasteiger partial charge in [-0.3, -0.25) is 9.78 Å². The molecule has 3 aromatic rings. The minimum absolute atomic E-state index is 0.174. The minimum Gasteiger partial charge on any atom is -0.443 e. The van der Waals surface area contributed by atoms with E-state index in [1.807, 2.05) is 0 Å². The van der Waals surface area contributed by atoms with Crippen LogP contribution in [0.2, 0.25) is 0 Å². The van der Waals surface area contributed by atoms with Gasteiger partial charge >= 0.3 is 6.18 Å². The molecule has 0 unspecified atom stereocenters. The highest BCUT2D eigenvalue weighted by atomic mass is 19.4. The number of hydrogen-bond donors (Lipinski definition) is 2. The summed E-state index contributed by atoms with van der Waals surface area (Å²) in [6.07, 6.45) is 0.0722. The van der Waals surface area contributed by atoms with Gasteiger partial charge in [0.05, 0.1) is 24.1 Å². The van der Waals surface area contributed by atoms with Crippen LogP contribution in [0.1, 0.15) is 27.6 Å². The second-order valence-electron chi connectivity index (χ2n) is 5.26. The van der Waals surface area contributed by atoms with Gasteiger partial charge in [0.2, 0.25) is 5.89 Å². The van der Waals surface area contributed by atoms with Crippen LogP contribution in [-0.2, 0) is 12.7 Å². The van der Waals surface area contributed by atoms with E-state index in [2.05, 4.69) is 30.2 Å². The number of nitrogens with two attached hydrogens (primary N) is 1. The van der Waals surface area contributed by atoms with Crippen molar-refractivity contribution in [2.24, 2.45) is 0 Å². The molecule has 9 nitrogen and oxygen atoms in total. The van der Waals surface area contributed by atoms with Crippen molar-refractivity contribution in [1.29, 1.82) is 0 Å². The number of halogens is 3. The maximum Gasteiger partial charge on any atom is 0.435 e. The zero-order chi connectivity index (χ0) is 19.6. The van der Waals surface area contributed by atoms with Crippen molar-refractivity contribution in [1.82, 2.24) is 30.2 Å². The lowest BCUT2D eigenvalue weighted by Crippen LogP contribution is -2.28. The van der Waals surface area contributed by atoms with Crippen LogP contribution in [0.15, 0.2) is 29.3 Å². The van der Waals surface area contributed by atoms with Crippen LogP contribution in [-0.4, -0.2) is 30.8 Å². The van der Waals surface area contributed by atoms with Gasteiger partial charge in [-0.1, -0.05) is 0 Å². The Morgan fingerprint density at radius 1 is 1.19 bits per heavy atom. The van der Waals surface area contributed by atoms with Crippen LogP contribution in [0.3, 0.4) is 0 Å². The molecular formula is C15H12F3N7O2. The fourth-order valence-electron chi connectivity index (χ4n) is 2.22. The molecule has 27 heavy (non-hydrogen) atoms. The second kappa shape index (κ2) is 6.97. The number of nitrogens with zero attached hydrogens (tertiary/aromatic N) is 5. The van der Waals surface area contributed by atoms with Gasteiger partial charge in [0.15, 0.2) is 17.2 Å². The molecule has 12 heteroatoms. The fourth-order valence-corrected chi connectivity index (χ4v) is 2.22. The van der Waals surface area contributed by atoms with Gasteiger partial charge in [0, 0.05) is 12.4 Å². The first-order chi connectivity index (χ1) is 12.8. The molecule has 3 rings (SSSR count). The topological polar surface area (TPSA) is 133 Å². The molecule has 0 fully saturated rings. The van der Waals surface area contributed by atoms with Gasteiger partial charge in [0.25, 0.3) is 5.91 Å². The molecule has 3 aromatic heterocycles. The molecule has 0 aliphatic rings. The van der Waals surface area contributed by atoms with Crippen molar-refractivity contribution >= 4 is 11.7 Å². The van der Waals surface area contributed by atoms with Crippen molar-refractivity contribution < 1.29 is 22.4 Å². The van der Waals surface area contributed by atoms with E-state index in [1.165, 1.54) is 12.5 Å². The van der Waals surface area contributed by atoms with Crippen molar-refractivity contribution in [3.8, 4) is 11.6 Å². The fraction of sp³-hybridized carbons (Fsp3) is 0.200. The number of nitrogen functional groups attached to an aromatic ring is 1. The van der Waals surface area contributed by atoms with Gasteiger partial charge in [-0.2, -0.15) is 13.2 Å². The van der Waals surface area contributed by atoms with Crippen LogP contribution in [0.4, 0.5) is 19.0 Å². The smallest absolute Gasteiger partial charge is 0.435 e. The molecule has 0 aliphatic carbocycles. The molecule has 0 aromatic carbocycles. The molecule has 3 heterocycles. The molecule has 1 amide bonds. The number of anilines is 1. The highest BCUT2D eigenvalue weighted by Crippen LogP contribution is 2.29. The summed E-state index contributed by atoms with van der Waals surface area (Å²) in [5.41, 5.74) is 4.47. The number of aromatic nitrogens is 5. The number of amides is 1. The third-order valence-electron chi connectivity index (χ3n) is 3.41. The number of aryl methyl sites for hydroxylation is 1. The summed E-state index contributed by atoms with van der Waals surface area (Å²) >= 11 is 0. The lowest BCUT2D eigenvalue weighted by Gasteiger charge is -2.12. The molecule has 0 atom stereocenters. The van der Waals surface area contributed by atoms with E-state index < -0.39 is 30.0 Å². The molecule has 0 aliphatic heterocycles. The Morgan fingerprint density at radius 3 is 2.59 bits per heavy atom. The lowest BCUT2D eigenvalue weighted by atomic mass is 10.2. The molecular weight excluding hydrogens is 367 g/mol. The summed E-state index contributed by atoms with van der Waals surface area (Å²) in [5, 5.41) is 2.29. The van der Waals surface area contributed by atoms with E-state index in [4.69, 9.17) is 10.2 Å². The number of carbonyl (C=O) groups excluding carboxylic acids is 1. The Morgan fingerprint density at radius 2 is 1.93 bits per heavy atom. The Kier molecular flexibility index (Phi) is 4.71. The van der Waals surface area contributed by atoms with Gasteiger partial charge < -0.3 is 15.5 Å². The zero-order valence-corrected chi connectivity index (χ0v) is 13.8. The normalized spacial score (nSPS) is 11.4. The average Bonchev–Trinajstić information content (AvgIpc) is 3.15. The SMILES string of the molecule is Cc1nc(C(=O)NCc2nccnc2C(F)(F)F)c(N)nc1-c1ncco1. The van der Waals surface area contributed by atoms with Crippen LogP contribution in [0.25, 0.3) is 11.6 Å². The van der Waals surface area contributed by atoms with Crippen molar-refractivity contribution in [3.63, 3.8) is 0 Å². The number of alkyl halides is 3. The van der Waals surface area contributed by atoms with Gasteiger partial charge in [-0.15, -0.1) is 0 Å². The van der Waals surface area contributed by atoms with E-state index >= 15 is 0 Å². The van der Waals surface area contributed by atoms with Crippen LogP contribution in [0, 0.1) is 6.92 Å². The highest BCUT2D eigenvalue weighted by molar-refractivity contribution is 5.96. The Bertz CT molecular complexity index is 974. The first-order valence-corrected chi connectivity index (χ1v) is 7.46.